The second-order valence-corrected chi connectivity index (χ2v) is 4.06. The SMILES string of the molecule is Cc1c(F)cc(C(=O)O)cc1-c1ccc(N)cc1. The van der Waals surface area contributed by atoms with Gasteiger partial charge in [0.05, 0.1) is 5.56 Å². The van der Waals surface area contributed by atoms with Crippen molar-refractivity contribution in [2.45, 2.75) is 6.92 Å². The lowest BCUT2D eigenvalue weighted by Gasteiger charge is -2.09. The Balaban J connectivity index is 2.62. The van der Waals surface area contributed by atoms with Crippen LogP contribution in [0.25, 0.3) is 11.1 Å². The first-order chi connectivity index (χ1) is 8.49. The van der Waals surface area contributed by atoms with Crippen LogP contribution in [0, 0.1) is 12.7 Å². The summed E-state index contributed by atoms with van der Waals surface area (Å²) in [5.41, 5.74) is 7.84. The largest absolute Gasteiger partial charge is 0.478 e. The number of nitrogens with two attached hydrogens (primary N) is 1. The molecule has 0 amide bonds. The summed E-state index contributed by atoms with van der Waals surface area (Å²) in [5, 5.41) is 8.93. The number of benzene rings is 2. The molecule has 0 saturated carbocycles. The highest BCUT2D eigenvalue weighted by molar-refractivity contribution is 5.90. The first-order valence-corrected chi connectivity index (χ1v) is 5.38. The number of hydrogen-bond donors (Lipinski definition) is 2. The summed E-state index contributed by atoms with van der Waals surface area (Å²) in [4.78, 5) is 10.9. The zero-order chi connectivity index (χ0) is 13.3. The van der Waals surface area contributed by atoms with Crippen molar-refractivity contribution in [2.24, 2.45) is 0 Å². The van der Waals surface area contributed by atoms with Gasteiger partial charge in [0.15, 0.2) is 0 Å². The van der Waals surface area contributed by atoms with Crippen LogP contribution >= 0.6 is 0 Å². The van der Waals surface area contributed by atoms with Crippen LogP contribution < -0.4 is 5.73 Å². The molecule has 0 spiro atoms. The Morgan fingerprint density at radius 2 is 1.83 bits per heavy atom. The molecule has 3 N–H and O–H groups in total. The molecule has 0 bridgehead atoms. The van der Waals surface area contributed by atoms with Gasteiger partial charge in [-0.25, -0.2) is 9.18 Å². The van der Waals surface area contributed by atoms with Gasteiger partial charge >= 0.3 is 5.97 Å². The Hall–Kier alpha value is -2.36. The van der Waals surface area contributed by atoms with E-state index in [1.54, 1.807) is 31.2 Å². The molecule has 0 aromatic heterocycles. The van der Waals surface area contributed by atoms with E-state index in [1.165, 1.54) is 6.07 Å². The van der Waals surface area contributed by atoms with E-state index in [2.05, 4.69) is 0 Å². The third kappa shape index (κ3) is 2.18. The lowest BCUT2D eigenvalue weighted by Crippen LogP contribution is -2.00. The third-order valence-electron chi connectivity index (χ3n) is 2.81. The lowest BCUT2D eigenvalue weighted by atomic mass is 9.97. The molecular weight excluding hydrogens is 233 g/mol. The summed E-state index contributed by atoms with van der Waals surface area (Å²) in [6, 6.07) is 9.36. The van der Waals surface area contributed by atoms with Crippen LogP contribution in [0.4, 0.5) is 10.1 Å². The molecule has 2 rings (SSSR count). The van der Waals surface area contributed by atoms with Crippen LogP contribution in [0.15, 0.2) is 36.4 Å². The van der Waals surface area contributed by atoms with Crippen molar-refractivity contribution in [3.63, 3.8) is 0 Å². The minimum absolute atomic E-state index is 0.0649. The summed E-state index contributed by atoms with van der Waals surface area (Å²) in [6.45, 7) is 1.62. The van der Waals surface area contributed by atoms with E-state index in [9.17, 15) is 9.18 Å². The summed E-state index contributed by atoms with van der Waals surface area (Å²) < 4.78 is 13.7. The molecule has 18 heavy (non-hydrogen) atoms. The number of hydrogen-bond acceptors (Lipinski definition) is 2. The summed E-state index contributed by atoms with van der Waals surface area (Å²) in [7, 11) is 0. The van der Waals surface area contributed by atoms with Crippen LogP contribution in [-0.4, -0.2) is 11.1 Å². The zero-order valence-corrected chi connectivity index (χ0v) is 9.77. The molecule has 3 nitrogen and oxygen atoms in total. The average Bonchev–Trinajstić information content (AvgIpc) is 2.33. The third-order valence-corrected chi connectivity index (χ3v) is 2.81. The Kier molecular flexibility index (Phi) is 3.02. The second kappa shape index (κ2) is 4.49. The van der Waals surface area contributed by atoms with Gasteiger partial charge in [0.25, 0.3) is 0 Å². The fourth-order valence-corrected chi connectivity index (χ4v) is 1.76. The van der Waals surface area contributed by atoms with Crippen LogP contribution in [-0.2, 0) is 0 Å². The van der Waals surface area contributed by atoms with Crippen molar-refractivity contribution in [2.75, 3.05) is 5.73 Å². The van der Waals surface area contributed by atoms with Crippen molar-refractivity contribution in [1.29, 1.82) is 0 Å². The molecule has 2 aromatic rings. The molecule has 92 valence electrons. The highest BCUT2D eigenvalue weighted by atomic mass is 19.1. The van der Waals surface area contributed by atoms with Gasteiger partial charge < -0.3 is 10.8 Å². The van der Waals surface area contributed by atoms with Gasteiger partial charge in [-0.3, -0.25) is 0 Å². The molecule has 0 radical (unpaired) electrons. The standard InChI is InChI=1S/C14H12FNO2/c1-8-12(9-2-4-11(16)5-3-9)6-10(14(17)18)7-13(8)15/h2-7H,16H2,1H3,(H,17,18). The maximum atomic E-state index is 13.7. The first-order valence-electron chi connectivity index (χ1n) is 5.38. The number of carboxylic acid groups (broad SMARTS) is 1. The van der Waals surface area contributed by atoms with Crippen molar-refractivity contribution in [3.05, 3.63) is 53.3 Å². The van der Waals surface area contributed by atoms with Crippen LogP contribution in [0.5, 0.6) is 0 Å². The van der Waals surface area contributed by atoms with Crippen molar-refractivity contribution >= 4 is 11.7 Å². The quantitative estimate of drug-likeness (QED) is 0.799. The van der Waals surface area contributed by atoms with E-state index in [-0.39, 0.29) is 5.56 Å². The fourth-order valence-electron chi connectivity index (χ4n) is 1.76. The summed E-state index contributed by atoms with van der Waals surface area (Å²) in [6.07, 6.45) is 0. The van der Waals surface area contributed by atoms with Gasteiger partial charge in [-0.2, -0.15) is 0 Å². The maximum Gasteiger partial charge on any atom is 0.335 e. The van der Waals surface area contributed by atoms with Gasteiger partial charge in [0.2, 0.25) is 0 Å². The molecule has 0 saturated heterocycles. The van der Waals surface area contributed by atoms with Gasteiger partial charge in [-0.1, -0.05) is 12.1 Å². The summed E-state index contributed by atoms with van der Waals surface area (Å²) >= 11 is 0. The second-order valence-electron chi connectivity index (χ2n) is 4.06. The number of anilines is 1. The number of nitrogen functional groups attached to an aromatic ring is 1. The predicted molar refractivity (Wildman–Crippen MR) is 67.9 cm³/mol. The zero-order valence-electron chi connectivity index (χ0n) is 9.77. The Labute approximate surface area is 104 Å². The Morgan fingerprint density at radius 3 is 2.39 bits per heavy atom. The highest BCUT2D eigenvalue weighted by Gasteiger charge is 2.12. The Morgan fingerprint density at radius 1 is 1.22 bits per heavy atom. The molecule has 2 aromatic carbocycles. The normalized spacial score (nSPS) is 10.3. The summed E-state index contributed by atoms with van der Waals surface area (Å²) in [5.74, 6) is -1.67. The predicted octanol–water partition coefficient (Wildman–Crippen LogP) is 3.08. The average molecular weight is 245 g/mol. The topological polar surface area (TPSA) is 63.3 Å². The number of carboxylic acids is 1. The van der Waals surface area contributed by atoms with Crippen LogP contribution in [0.3, 0.4) is 0 Å². The molecule has 0 unspecified atom stereocenters. The smallest absolute Gasteiger partial charge is 0.335 e. The van der Waals surface area contributed by atoms with Gasteiger partial charge in [0.1, 0.15) is 5.82 Å². The van der Waals surface area contributed by atoms with E-state index < -0.39 is 11.8 Å². The minimum atomic E-state index is -1.15. The van der Waals surface area contributed by atoms with E-state index in [0.717, 1.165) is 11.6 Å². The molecule has 0 heterocycles. The minimum Gasteiger partial charge on any atom is -0.478 e. The van der Waals surface area contributed by atoms with E-state index in [4.69, 9.17) is 10.8 Å². The first kappa shape index (κ1) is 12.1. The van der Waals surface area contributed by atoms with E-state index in [1.807, 2.05) is 0 Å². The monoisotopic (exact) mass is 245 g/mol. The molecule has 0 fully saturated rings. The van der Waals surface area contributed by atoms with Gasteiger partial charge in [-0.15, -0.1) is 0 Å². The molecule has 0 atom stereocenters. The molecular formula is C14H12FNO2. The van der Waals surface area contributed by atoms with Crippen LogP contribution in [0.1, 0.15) is 15.9 Å². The fraction of sp³-hybridized carbons (Fsp3) is 0.0714. The van der Waals surface area contributed by atoms with Crippen molar-refractivity contribution in [3.8, 4) is 11.1 Å². The molecule has 4 heteroatoms. The number of rotatable bonds is 2. The number of carbonyl (C=O) groups is 1. The van der Waals surface area contributed by atoms with E-state index >= 15 is 0 Å². The van der Waals surface area contributed by atoms with Crippen molar-refractivity contribution in [1.82, 2.24) is 0 Å². The van der Waals surface area contributed by atoms with Crippen LogP contribution in [0.2, 0.25) is 0 Å². The Bertz CT molecular complexity index is 606. The number of aromatic carboxylic acids is 1. The number of halogens is 1. The van der Waals surface area contributed by atoms with E-state index in [0.29, 0.717) is 16.8 Å². The molecule has 0 aliphatic heterocycles. The molecule has 0 aliphatic rings. The lowest BCUT2D eigenvalue weighted by molar-refractivity contribution is 0.0696. The highest BCUT2D eigenvalue weighted by Crippen LogP contribution is 2.27. The maximum absolute atomic E-state index is 13.7. The van der Waals surface area contributed by atoms with Crippen molar-refractivity contribution < 1.29 is 14.3 Å². The van der Waals surface area contributed by atoms with Gasteiger partial charge in [0, 0.05) is 5.69 Å². The molecule has 0 aliphatic carbocycles. The van der Waals surface area contributed by atoms with Gasteiger partial charge in [-0.05, 0) is 47.9 Å².